The van der Waals surface area contributed by atoms with Crippen molar-refractivity contribution in [2.45, 2.75) is 19.9 Å². The van der Waals surface area contributed by atoms with Crippen LogP contribution in [0, 0.1) is 13.8 Å². The average Bonchev–Trinajstić information content (AvgIpc) is 2.83. The largest absolute Gasteiger partial charge is 0.496 e. The Morgan fingerprint density at radius 2 is 2.05 bits per heavy atom. The minimum absolute atomic E-state index is 0.117. The Bertz CT molecular complexity index is 625. The Morgan fingerprint density at radius 1 is 1.35 bits per heavy atom. The Balaban J connectivity index is 2.65. The van der Waals surface area contributed by atoms with Crippen molar-refractivity contribution in [3.05, 3.63) is 50.3 Å². The molecule has 3 nitrogen and oxygen atoms in total. The minimum atomic E-state index is -0.117. The van der Waals surface area contributed by atoms with E-state index >= 15 is 0 Å². The van der Waals surface area contributed by atoms with Crippen molar-refractivity contribution in [1.82, 2.24) is 5.32 Å². The van der Waals surface area contributed by atoms with Crippen LogP contribution in [0.1, 0.15) is 28.5 Å². The number of rotatable bonds is 4. The van der Waals surface area contributed by atoms with Gasteiger partial charge in [-0.2, -0.15) is 0 Å². The lowest BCUT2D eigenvalue weighted by Gasteiger charge is -2.22. The molecule has 1 N–H and O–H groups in total. The van der Waals surface area contributed by atoms with Crippen LogP contribution >= 0.6 is 27.5 Å². The predicted molar refractivity (Wildman–Crippen MR) is 84.8 cm³/mol. The number of methoxy groups -OCH3 is 1. The van der Waals surface area contributed by atoms with Crippen molar-refractivity contribution in [3.63, 3.8) is 0 Å². The van der Waals surface area contributed by atoms with Crippen LogP contribution in [0.2, 0.25) is 5.22 Å². The summed E-state index contributed by atoms with van der Waals surface area (Å²) in [5.41, 5.74) is 3.23. The van der Waals surface area contributed by atoms with Crippen LogP contribution in [0.15, 0.2) is 27.1 Å². The fourth-order valence-electron chi connectivity index (χ4n) is 2.41. The normalized spacial score (nSPS) is 12.5. The molecule has 1 atom stereocenters. The van der Waals surface area contributed by atoms with E-state index in [0.717, 1.165) is 32.7 Å². The molecule has 108 valence electrons. The molecule has 1 aromatic heterocycles. The van der Waals surface area contributed by atoms with Crippen LogP contribution in [0.4, 0.5) is 0 Å². The number of benzene rings is 1. The van der Waals surface area contributed by atoms with Gasteiger partial charge >= 0.3 is 0 Å². The summed E-state index contributed by atoms with van der Waals surface area (Å²) in [6.45, 7) is 4.07. The molecule has 1 unspecified atom stereocenters. The van der Waals surface area contributed by atoms with Gasteiger partial charge in [-0.15, -0.1) is 0 Å². The summed E-state index contributed by atoms with van der Waals surface area (Å²) >= 11 is 9.49. The van der Waals surface area contributed by atoms with Gasteiger partial charge in [-0.05, 0) is 61.8 Å². The maximum atomic E-state index is 5.89. The zero-order valence-corrected chi connectivity index (χ0v) is 14.2. The van der Waals surface area contributed by atoms with Crippen LogP contribution in [0.5, 0.6) is 5.75 Å². The Kier molecular flexibility index (Phi) is 4.78. The van der Waals surface area contributed by atoms with Crippen molar-refractivity contribution in [3.8, 4) is 5.75 Å². The summed E-state index contributed by atoms with van der Waals surface area (Å²) in [5, 5.41) is 3.64. The van der Waals surface area contributed by atoms with Gasteiger partial charge in [0, 0.05) is 10.0 Å². The van der Waals surface area contributed by atoms with Crippen LogP contribution in [-0.2, 0) is 0 Å². The van der Waals surface area contributed by atoms with Gasteiger partial charge in [0.1, 0.15) is 11.5 Å². The van der Waals surface area contributed by atoms with Crippen LogP contribution in [0.3, 0.4) is 0 Å². The SMILES string of the molecule is CNC(c1ccc(Cl)o1)c1c(C)c(Br)cc(C)c1OC. The third-order valence-corrected chi connectivity index (χ3v) is 4.40. The van der Waals surface area contributed by atoms with Crippen LogP contribution in [0.25, 0.3) is 0 Å². The lowest BCUT2D eigenvalue weighted by molar-refractivity contribution is 0.393. The third-order valence-electron chi connectivity index (χ3n) is 3.37. The highest BCUT2D eigenvalue weighted by Crippen LogP contribution is 2.39. The summed E-state index contributed by atoms with van der Waals surface area (Å²) < 4.78 is 12.2. The number of ether oxygens (including phenoxy) is 1. The molecule has 0 aliphatic carbocycles. The van der Waals surface area contributed by atoms with Crippen molar-refractivity contribution in [2.24, 2.45) is 0 Å². The molecule has 0 aliphatic rings. The number of hydrogen-bond donors (Lipinski definition) is 1. The standard InChI is InChI=1S/C15H17BrClNO2/c1-8-7-10(16)9(2)13(15(8)19-4)14(18-3)11-5-6-12(17)20-11/h5-7,14,18H,1-4H3. The van der Waals surface area contributed by atoms with Crippen molar-refractivity contribution >= 4 is 27.5 Å². The Hall–Kier alpha value is -0.970. The van der Waals surface area contributed by atoms with E-state index in [4.69, 9.17) is 20.8 Å². The second kappa shape index (κ2) is 6.20. The summed E-state index contributed by atoms with van der Waals surface area (Å²) in [7, 11) is 3.57. The Labute approximate surface area is 132 Å². The minimum Gasteiger partial charge on any atom is -0.496 e. The predicted octanol–water partition coefficient (Wildman–Crippen LogP) is 4.63. The van der Waals surface area contributed by atoms with E-state index in [1.165, 1.54) is 0 Å². The fraction of sp³-hybridized carbons (Fsp3) is 0.333. The number of hydrogen-bond acceptors (Lipinski definition) is 3. The molecule has 2 aromatic rings. The van der Waals surface area contributed by atoms with Crippen molar-refractivity contribution in [1.29, 1.82) is 0 Å². The van der Waals surface area contributed by atoms with Gasteiger partial charge < -0.3 is 14.5 Å². The van der Waals surface area contributed by atoms with E-state index in [2.05, 4.69) is 34.2 Å². The second-order valence-electron chi connectivity index (χ2n) is 4.61. The van der Waals surface area contributed by atoms with Gasteiger partial charge in [0.15, 0.2) is 5.22 Å². The summed E-state index contributed by atoms with van der Waals surface area (Å²) in [5.74, 6) is 1.62. The van der Waals surface area contributed by atoms with E-state index < -0.39 is 0 Å². The van der Waals surface area contributed by atoms with Crippen LogP contribution < -0.4 is 10.1 Å². The molecular weight excluding hydrogens is 342 g/mol. The molecule has 20 heavy (non-hydrogen) atoms. The zero-order chi connectivity index (χ0) is 14.9. The molecule has 2 rings (SSSR count). The van der Waals surface area contributed by atoms with E-state index in [0.29, 0.717) is 5.22 Å². The summed E-state index contributed by atoms with van der Waals surface area (Å²) in [6.07, 6.45) is 0. The Morgan fingerprint density at radius 3 is 2.55 bits per heavy atom. The zero-order valence-electron chi connectivity index (χ0n) is 11.9. The van der Waals surface area contributed by atoms with E-state index in [9.17, 15) is 0 Å². The van der Waals surface area contributed by atoms with Gasteiger partial charge in [-0.3, -0.25) is 0 Å². The van der Waals surface area contributed by atoms with Crippen molar-refractivity contribution < 1.29 is 9.15 Å². The molecule has 0 saturated heterocycles. The molecule has 0 spiro atoms. The quantitative estimate of drug-likeness (QED) is 0.865. The van der Waals surface area contributed by atoms with Gasteiger partial charge in [0.25, 0.3) is 0 Å². The third kappa shape index (κ3) is 2.73. The maximum absolute atomic E-state index is 5.89. The molecule has 0 amide bonds. The van der Waals surface area contributed by atoms with Gasteiger partial charge in [-0.1, -0.05) is 15.9 Å². The molecule has 1 aromatic carbocycles. The van der Waals surface area contributed by atoms with E-state index in [1.807, 2.05) is 20.0 Å². The fourth-order valence-corrected chi connectivity index (χ4v) is 3.12. The van der Waals surface area contributed by atoms with Crippen molar-refractivity contribution in [2.75, 3.05) is 14.2 Å². The number of nitrogens with one attached hydrogen (secondary N) is 1. The summed E-state index contributed by atoms with van der Waals surface area (Å²) in [4.78, 5) is 0. The first kappa shape index (κ1) is 15.4. The molecule has 5 heteroatoms. The first-order valence-electron chi connectivity index (χ1n) is 6.25. The lowest BCUT2D eigenvalue weighted by Crippen LogP contribution is -2.19. The molecule has 0 bridgehead atoms. The van der Waals surface area contributed by atoms with Crippen LogP contribution in [-0.4, -0.2) is 14.2 Å². The van der Waals surface area contributed by atoms with E-state index in [1.54, 1.807) is 13.2 Å². The molecule has 0 radical (unpaired) electrons. The molecule has 1 heterocycles. The first-order valence-corrected chi connectivity index (χ1v) is 7.42. The monoisotopic (exact) mass is 357 g/mol. The molecule has 0 saturated carbocycles. The van der Waals surface area contributed by atoms with Gasteiger partial charge in [0.05, 0.1) is 13.2 Å². The molecule has 0 aliphatic heterocycles. The van der Waals surface area contributed by atoms with Gasteiger partial charge in [0.2, 0.25) is 0 Å². The lowest BCUT2D eigenvalue weighted by atomic mass is 9.95. The molecular formula is C15H17BrClNO2. The number of furan rings is 1. The van der Waals surface area contributed by atoms with Gasteiger partial charge in [-0.25, -0.2) is 0 Å². The average molecular weight is 359 g/mol. The smallest absolute Gasteiger partial charge is 0.193 e. The molecule has 0 fully saturated rings. The second-order valence-corrected chi connectivity index (χ2v) is 5.84. The number of aryl methyl sites for hydroxylation is 1. The summed E-state index contributed by atoms with van der Waals surface area (Å²) in [6, 6.07) is 5.56. The first-order chi connectivity index (χ1) is 9.49. The van der Waals surface area contributed by atoms with E-state index in [-0.39, 0.29) is 6.04 Å². The highest BCUT2D eigenvalue weighted by atomic mass is 79.9. The topological polar surface area (TPSA) is 34.4 Å². The maximum Gasteiger partial charge on any atom is 0.193 e. The highest BCUT2D eigenvalue weighted by Gasteiger charge is 2.24. The highest BCUT2D eigenvalue weighted by molar-refractivity contribution is 9.10. The number of halogens is 2.